The van der Waals surface area contributed by atoms with Crippen LogP contribution < -0.4 is 10.5 Å². The number of benzene rings is 1. The number of halogens is 1. The number of nitrogens with two attached hydrogens (primary N) is 1. The zero-order chi connectivity index (χ0) is 14.0. The van der Waals surface area contributed by atoms with Crippen molar-refractivity contribution in [1.82, 2.24) is 0 Å². The van der Waals surface area contributed by atoms with Crippen LogP contribution in [0.5, 0.6) is 5.75 Å². The second kappa shape index (κ2) is 5.75. The van der Waals surface area contributed by atoms with Gasteiger partial charge in [0.2, 0.25) is 5.78 Å². The summed E-state index contributed by atoms with van der Waals surface area (Å²) in [6.45, 7) is 4.41. The van der Waals surface area contributed by atoms with Crippen LogP contribution in [0, 0.1) is 6.92 Å². The van der Waals surface area contributed by atoms with Crippen LogP contribution in [0.1, 0.15) is 27.0 Å². The van der Waals surface area contributed by atoms with E-state index in [0.29, 0.717) is 28.5 Å². The molecule has 0 atom stereocenters. The van der Waals surface area contributed by atoms with Gasteiger partial charge in [-0.25, -0.2) is 0 Å². The summed E-state index contributed by atoms with van der Waals surface area (Å²) in [6.07, 6.45) is 0. The highest BCUT2D eigenvalue weighted by molar-refractivity contribution is 9.10. The molecule has 0 aliphatic carbocycles. The lowest BCUT2D eigenvalue weighted by Crippen LogP contribution is -2.03. The molecule has 5 heteroatoms. The highest BCUT2D eigenvalue weighted by atomic mass is 79.9. The Balaban J connectivity index is 2.34. The van der Waals surface area contributed by atoms with Crippen molar-refractivity contribution in [2.24, 2.45) is 0 Å². The minimum absolute atomic E-state index is 0.0280. The summed E-state index contributed by atoms with van der Waals surface area (Å²) in [5.41, 5.74) is 6.94. The molecule has 0 bridgehead atoms. The van der Waals surface area contributed by atoms with E-state index in [4.69, 9.17) is 10.5 Å². The number of aryl methyl sites for hydroxylation is 1. The average Bonchev–Trinajstić information content (AvgIpc) is 2.70. The van der Waals surface area contributed by atoms with Gasteiger partial charge in [-0.1, -0.05) is 0 Å². The van der Waals surface area contributed by atoms with Gasteiger partial charge in [-0.2, -0.15) is 0 Å². The SMILES string of the molecule is CCOc1ccc(C(=O)c2sc(C)cc2Br)cc1N. The number of carbonyl (C=O) groups is 1. The fourth-order valence-electron chi connectivity index (χ4n) is 1.75. The van der Waals surface area contributed by atoms with Crippen LogP contribution in [-0.4, -0.2) is 12.4 Å². The Hall–Kier alpha value is -1.33. The third kappa shape index (κ3) is 2.98. The van der Waals surface area contributed by atoms with E-state index in [2.05, 4.69) is 15.9 Å². The Morgan fingerprint density at radius 2 is 2.16 bits per heavy atom. The van der Waals surface area contributed by atoms with Gasteiger partial charge in [-0.15, -0.1) is 11.3 Å². The van der Waals surface area contributed by atoms with Crippen LogP contribution >= 0.6 is 27.3 Å². The van der Waals surface area contributed by atoms with Gasteiger partial charge in [0.15, 0.2) is 0 Å². The Bertz CT molecular complexity index is 622. The number of nitrogen functional groups attached to an aromatic ring is 1. The van der Waals surface area contributed by atoms with Gasteiger partial charge in [0.1, 0.15) is 5.75 Å². The van der Waals surface area contributed by atoms with Gasteiger partial charge in [-0.3, -0.25) is 4.79 Å². The maximum Gasteiger partial charge on any atom is 0.204 e. The standard InChI is InChI=1S/C14H14BrNO2S/c1-3-18-12-5-4-9(7-11(12)16)13(17)14-10(15)6-8(2)19-14/h4-7H,3,16H2,1-2H3. The first-order valence-electron chi connectivity index (χ1n) is 5.86. The van der Waals surface area contributed by atoms with Crippen molar-refractivity contribution in [2.45, 2.75) is 13.8 Å². The molecule has 0 aliphatic rings. The highest BCUT2D eigenvalue weighted by Gasteiger charge is 2.16. The van der Waals surface area contributed by atoms with Crippen LogP contribution in [0.4, 0.5) is 5.69 Å². The molecule has 0 fully saturated rings. The molecule has 0 spiro atoms. The molecule has 2 rings (SSSR count). The van der Waals surface area contributed by atoms with Crippen LogP contribution in [0.3, 0.4) is 0 Å². The number of anilines is 1. The Morgan fingerprint density at radius 3 is 2.68 bits per heavy atom. The summed E-state index contributed by atoms with van der Waals surface area (Å²) in [7, 11) is 0. The molecule has 1 heterocycles. The van der Waals surface area contributed by atoms with Gasteiger partial charge >= 0.3 is 0 Å². The van der Waals surface area contributed by atoms with E-state index in [9.17, 15) is 4.79 Å². The Morgan fingerprint density at radius 1 is 1.42 bits per heavy atom. The fourth-order valence-corrected chi connectivity index (χ4v) is 3.53. The predicted octanol–water partition coefficient (Wildman–Crippen LogP) is 4.03. The Kier molecular flexibility index (Phi) is 4.27. The molecule has 2 aromatic rings. The van der Waals surface area contributed by atoms with E-state index >= 15 is 0 Å². The molecule has 0 unspecified atom stereocenters. The average molecular weight is 340 g/mol. The maximum atomic E-state index is 12.4. The van der Waals surface area contributed by atoms with E-state index in [1.165, 1.54) is 11.3 Å². The normalized spacial score (nSPS) is 10.5. The number of ketones is 1. The second-order valence-electron chi connectivity index (χ2n) is 4.05. The van der Waals surface area contributed by atoms with E-state index in [-0.39, 0.29) is 5.78 Å². The summed E-state index contributed by atoms with van der Waals surface area (Å²) in [6, 6.07) is 7.08. The minimum Gasteiger partial charge on any atom is -0.492 e. The van der Waals surface area contributed by atoms with Crippen molar-refractivity contribution in [1.29, 1.82) is 0 Å². The summed E-state index contributed by atoms with van der Waals surface area (Å²) < 4.78 is 6.19. The maximum absolute atomic E-state index is 12.4. The zero-order valence-electron chi connectivity index (χ0n) is 10.7. The molecular weight excluding hydrogens is 326 g/mol. The summed E-state index contributed by atoms with van der Waals surface area (Å²) in [5, 5.41) is 0. The van der Waals surface area contributed by atoms with Crippen molar-refractivity contribution in [3.63, 3.8) is 0 Å². The first-order valence-corrected chi connectivity index (χ1v) is 7.46. The minimum atomic E-state index is -0.0280. The van der Waals surface area contributed by atoms with Crippen LogP contribution in [0.15, 0.2) is 28.7 Å². The van der Waals surface area contributed by atoms with E-state index in [1.807, 2.05) is 19.9 Å². The summed E-state index contributed by atoms with van der Waals surface area (Å²) in [4.78, 5) is 14.2. The molecule has 0 aliphatic heterocycles. The number of ether oxygens (including phenoxy) is 1. The number of carbonyl (C=O) groups excluding carboxylic acids is 1. The summed E-state index contributed by atoms with van der Waals surface area (Å²) >= 11 is 4.88. The van der Waals surface area contributed by atoms with Crippen molar-refractivity contribution in [3.8, 4) is 5.75 Å². The lowest BCUT2D eigenvalue weighted by atomic mass is 10.1. The molecule has 0 saturated carbocycles. The monoisotopic (exact) mass is 339 g/mol. The molecule has 0 saturated heterocycles. The number of rotatable bonds is 4. The van der Waals surface area contributed by atoms with Crippen molar-refractivity contribution < 1.29 is 9.53 Å². The quantitative estimate of drug-likeness (QED) is 0.675. The third-order valence-corrected chi connectivity index (χ3v) is 4.53. The molecule has 1 aromatic carbocycles. The zero-order valence-corrected chi connectivity index (χ0v) is 13.1. The van der Waals surface area contributed by atoms with Gasteiger partial charge in [0.25, 0.3) is 0 Å². The lowest BCUT2D eigenvalue weighted by Gasteiger charge is -2.08. The van der Waals surface area contributed by atoms with E-state index in [0.717, 1.165) is 9.35 Å². The molecule has 3 nitrogen and oxygen atoms in total. The Labute approximate surface area is 124 Å². The van der Waals surface area contributed by atoms with E-state index in [1.54, 1.807) is 18.2 Å². The second-order valence-corrected chi connectivity index (χ2v) is 6.16. The molecule has 0 amide bonds. The summed E-state index contributed by atoms with van der Waals surface area (Å²) in [5.74, 6) is 0.584. The molecule has 2 N–H and O–H groups in total. The van der Waals surface area contributed by atoms with Gasteiger partial charge in [-0.05, 0) is 54.0 Å². The number of thiophene rings is 1. The molecule has 100 valence electrons. The van der Waals surface area contributed by atoms with Crippen molar-refractivity contribution in [2.75, 3.05) is 12.3 Å². The van der Waals surface area contributed by atoms with Gasteiger partial charge in [0, 0.05) is 14.9 Å². The highest BCUT2D eigenvalue weighted by Crippen LogP contribution is 2.30. The van der Waals surface area contributed by atoms with Crippen LogP contribution in [-0.2, 0) is 0 Å². The fraction of sp³-hybridized carbons (Fsp3) is 0.214. The van der Waals surface area contributed by atoms with Crippen LogP contribution in [0.25, 0.3) is 0 Å². The topological polar surface area (TPSA) is 52.3 Å². The molecule has 0 radical (unpaired) electrons. The van der Waals surface area contributed by atoms with Crippen LogP contribution in [0.2, 0.25) is 0 Å². The van der Waals surface area contributed by atoms with Gasteiger partial charge < -0.3 is 10.5 Å². The van der Waals surface area contributed by atoms with Gasteiger partial charge in [0.05, 0.1) is 17.2 Å². The smallest absolute Gasteiger partial charge is 0.204 e. The largest absolute Gasteiger partial charge is 0.492 e. The molecular formula is C14H14BrNO2S. The first kappa shape index (κ1) is 14.1. The van der Waals surface area contributed by atoms with Crippen molar-refractivity contribution >= 4 is 38.7 Å². The molecule has 19 heavy (non-hydrogen) atoms. The molecule has 1 aromatic heterocycles. The predicted molar refractivity (Wildman–Crippen MR) is 82.2 cm³/mol. The van der Waals surface area contributed by atoms with Crippen molar-refractivity contribution in [3.05, 3.63) is 44.1 Å². The lowest BCUT2D eigenvalue weighted by molar-refractivity contribution is 0.104. The van der Waals surface area contributed by atoms with E-state index < -0.39 is 0 Å². The number of hydrogen-bond donors (Lipinski definition) is 1. The first-order chi connectivity index (χ1) is 9.02. The third-order valence-electron chi connectivity index (χ3n) is 2.59. The number of hydrogen-bond acceptors (Lipinski definition) is 4.